The zero-order chi connectivity index (χ0) is 86.3. The Bertz CT molecular complexity index is 5990. The third kappa shape index (κ3) is 38.4. The number of oxazole rings is 1. The minimum absolute atomic E-state index is 0. The second-order valence-electron chi connectivity index (χ2n) is 25.9. The molecule has 0 atom stereocenters. The number of carbonyl (C=O) groups excluding carboxylic acids is 5. The van der Waals surface area contributed by atoms with Crippen LogP contribution in [0.5, 0.6) is 0 Å². The van der Waals surface area contributed by atoms with Crippen molar-refractivity contribution in [1.29, 1.82) is 0 Å². The van der Waals surface area contributed by atoms with Gasteiger partial charge in [0.1, 0.15) is 11.5 Å². The number of hydrogen-bond donors (Lipinski definition) is 5. The quantitative estimate of drug-likeness (QED) is 0.0348. The largest absolute Gasteiger partial charge is 0.512 e. The van der Waals surface area contributed by atoms with E-state index in [0.717, 1.165) is 75.9 Å². The van der Waals surface area contributed by atoms with Crippen molar-refractivity contribution in [2.75, 3.05) is 19.0 Å². The molecule has 0 aliphatic rings. The SMILES string of the molecule is CC(=O)C=C(C)O.CC(=O)C=C(C)O.CC(=O)C=C(C)O.CC(=O)C=C(C)O.CC(=O)C=C(C)O.CN(C)c1ccc2[c-]c(-c3nc4ccccc4s3)c(=O)oc2c1.[Ir].[Ir].[Ir].[Ir].[Ir].[c-]1ccc2ccccc2c1-c1nc2ccccc2s1.[c-]1ccccc1-c1cc2ccccc2cn1.[c-]1ccccc1-c1nc2ccccc2o1.[c-]1ccsc1-c1ccccn1. The van der Waals surface area contributed by atoms with Gasteiger partial charge in [0.15, 0.2) is 28.9 Å². The Balaban J connectivity index is 0.000000480. The van der Waals surface area contributed by atoms with E-state index in [1.165, 1.54) is 137 Å². The monoisotopic (exact) mass is 2600 g/mol. The van der Waals surface area contributed by atoms with Crippen LogP contribution in [0.3, 0.4) is 0 Å². The van der Waals surface area contributed by atoms with Crippen LogP contribution in [0.4, 0.5) is 5.69 Å². The summed E-state index contributed by atoms with van der Waals surface area (Å²) in [6.07, 6.45) is 9.54. The number of aliphatic hydroxyl groups excluding tert-OH is 5. The van der Waals surface area contributed by atoms with E-state index in [1.54, 1.807) is 28.9 Å². The minimum Gasteiger partial charge on any atom is -0.512 e. The minimum atomic E-state index is -0.410. The van der Waals surface area contributed by atoms with Crippen molar-refractivity contribution in [1.82, 2.24) is 24.9 Å². The molecule has 0 aliphatic heterocycles. The second-order valence-corrected chi connectivity index (χ2v) is 28.9. The molecule has 5 N–H and O–H groups in total. The smallest absolute Gasteiger partial charge is 0.269 e. The fourth-order valence-corrected chi connectivity index (χ4v) is 13.0. The van der Waals surface area contributed by atoms with E-state index >= 15 is 0 Å². The van der Waals surface area contributed by atoms with E-state index in [4.69, 9.17) is 39.4 Å². The number of fused-ring (bicyclic) bond motifs is 6. The van der Waals surface area contributed by atoms with Crippen LogP contribution in [0.2, 0.25) is 0 Å². The average Bonchev–Trinajstić information content (AvgIpc) is 1.58. The molecule has 19 nitrogen and oxygen atoms in total. The summed E-state index contributed by atoms with van der Waals surface area (Å²) in [6, 6.07) is 91.5. The summed E-state index contributed by atoms with van der Waals surface area (Å²) in [5.74, 6) is 0.310. The first-order chi connectivity index (χ1) is 57.0. The number of para-hydroxylation sites is 4. The standard InChI is InChI=1S/C18H13N2O2S.C17H10NS.C15H10N.C13H8NO.C9H6NS.5C5H8O2.5Ir/c1-20(2)12-8-7-11-9-13(18(21)22-15(11)10-12)17-19-14-5-3-4-6-16(14)23-17;1-2-8-13-12(6-1)7-5-9-14(13)17-18-15-10-3-4-11-16(15)19-17;1-2-6-12(7-3-1)15-10-13-8-4-5-9-14(13)11-16-15;1-2-6-10(7-3-1)13-14-11-8-4-5-9-12(11)15-13;1-2-6-10-8(4-1)9-5-3-7-11-9;5*1-4(6)3-5(2)7;;;;;/h3-8,10H,1-2H3;1-8,10-11H;1-6,8-11H;1-6,8-9H;1-4,6-7H;5*3,6H,1-2H3;;;;;/q5*-1;;;;;;;;;;. The molecule has 0 bridgehead atoms. The van der Waals surface area contributed by atoms with Gasteiger partial charge in [-0.05, 0) is 145 Å². The van der Waals surface area contributed by atoms with E-state index < -0.39 is 5.63 Å². The number of allylic oxidation sites excluding steroid dienone is 10. The van der Waals surface area contributed by atoms with Crippen LogP contribution in [0.15, 0.2) is 321 Å². The molecule has 0 saturated carbocycles. The van der Waals surface area contributed by atoms with Gasteiger partial charge in [0, 0.05) is 177 Å². The summed E-state index contributed by atoms with van der Waals surface area (Å²) in [4.78, 5) is 87.8. The van der Waals surface area contributed by atoms with Gasteiger partial charge in [-0.25, -0.2) is 11.3 Å². The number of aromatic nitrogens is 5. The Hall–Kier alpha value is -10.9. The van der Waals surface area contributed by atoms with E-state index in [2.05, 4.69) is 117 Å². The van der Waals surface area contributed by atoms with Crippen LogP contribution in [-0.2, 0) is 124 Å². The molecule has 651 valence electrons. The van der Waals surface area contributed by atoms with E-state index in [0.29, 0.717) is 22.0 Å². The number of pyridine rings is 2. The maximum absolute atomic E-state index is 12.3. The molecule has 0 amide bonds. The molecule has 16 rings (SSSR count). The van der Waals surface area contributed by atoms with Crippen molar-refractivity contribution in [3.8, 4) is 54.4 Å². The molecule has 0 aliphatic carbocycles. The summed E-state index contributed by atoms with van der Waals surface area (Å²) in [7, 11) is 3.89. The molecule has 16 aromatic rings. The van der Waals surface area contributed by atoms with Gasteiger partial charge in [0.25, 0.3) is 5.63 Å². The topological polar surface area (TPSA) is 298 Å². The fourth-order valence-electron chi connectivity index (χ4n) is 10.4. The van der Waals surface area contributed by atoms with Crippen LogP contribution in [0.1, 0.15) is 69.2 Å². The Kier molecular flexibility index (Phi) is 50.6. The molecule has 124 heavy (non-hydrogen) atoms. The van der Waals surface area contributed by atoms with Gasteiger partial charge in [-0.15, -0.1) is 113 Å². The maximum Gasteiger partial charge on any atom is 0.269 e. The fraction of sp³-hybridized carbons (Fsp3) is 0.124. The van der Waals surface area contributed by atoms with Crippen LogP contribution in [0, 0.1) is 30.3 Å². The number of rotatable bonds is 11. The summed E-state index contributed by atoms with van der Waals surface area (Å²) in [5, 5.41) is 51.1. The molecule has 27 heteroatoms. The maximum atomic E-state index is 12.3. The van der Waals surface area contributed by atoms with Crippen molar-refractivity contribution in [2.45, 2.75) is 69.2 Å². The van der Waals surface area contributed by atoms with Crippen molar-refractivity contribution in [2.24, 2.45) is 0 Å². The number of anilines is 1. The molecule has 5 radical (unpaired) electrons. The van der Waals surface area contributed by atoms with Gasteiger partial charge in [0.2, 0.25) is 0 Å². The van der Waals surface area contributed by atoms with Gasteiger partial charge in [-0.1, -0.05) is 130 Å². The number of carbonyl (C=O) groups is 5. The molecule has 7 aromatic heterocycles. The number of nitrogens with zero attached hydrogens (tertiary/aromatic N) is 6. The Labute approximate surface area is 799 Å². The number of thiazole rings is 2. The first kappa shape index (κ1) is 109. The van der Waals surface area contributed by atoms with Gasteiger partial charge >= 0.3 is 0 Å². The predicted octanol–water partition coefficient (Wildman–Crippen LogP) is 23.6. The van der Waals surface area contributed by atoms with Crippen LogP contribution in [-0.4, -0.2) is 93.5 Å². The predicted molar refractivity (Wildman–Crippen MR) is 482 cm³/mol. The molecule has 9 aromatic carbocycles. The number of thiophene rings is 1. The summed E-state index contributed by atoms with van der Waals surface area (Å²) >= 11 is 4.85. The second kappa shape index (κ2) is 57.5. The Morgan fingerprint density at radius 2 is 0.871 bits per heavy atom. The molecule has 7 heterocycles. The summed E-state index contributed by atoms with van der Waals surface area (Å²) < 4.78 is 13.4. The Morgan fingerprint density at radius 1 is 0.403 bits per heavy atom. The van der Waals surface area contributed by atoms with Crippen LogP contribution in [0.25, 0.3) is 118 Å². The molecule has 0 spiro atoms. The third-order valence-electron chi connectivity index (χ3n) is 15.2. The van der Waals surface area contributed by atoms with Crippen molar-refractivity contribution < 1.29 is 159 Å². The number of hydrogen-bond acceptors (Lipinski definition) is 22. The normalized spacial score (nSPS) is 10.5. The molecule has 0 fully saturated rings. The van der Waals surface area contributed by atoms with Gasteiger partial charge in [-0.3, -0.25) is 43.7 Å². The zero-order valence-electron chi connectivity index (χ0n) is 69.1. The molecule has 0 unspecified atom stereocenters. The van der Waals surface area contributed by atoms with Gasteiger partial charge in [-0.2, -0.15) is 34.8 Å². The van der Waals surface area contributed by atoms with E-state index in [1.807, 2.05) is 194 Å². The average molecular weight is 2600 g/mol. The molecular weight excluding hydrogens is 2510 g/mol. The first-order valence-electron chi connectivity index (χ1n) is 36.7. The van der Waals surface area contributed by atoms with E-state index in [9.17, 15) is 28.8 Å². The molecule has 0 saturated heterocycles. The zero-order valence-corrected chi connectivity index (χ0v) is 83.6. The number of benzene rings is 9. The van der Waals surface area contributed by atoms with Crippen molar-refractivity contribution >= 4 is 133 Å². The van der Waals surface area contributed by atoms with Crippen LogP contribution < -0.4 is 10.5 Å². The summed E-state index contributed by atoms with van der Waals surface area (Å²) in [5.41, 5.74) is 10.1. The van der Waals surface area contributed by atoms with Crippen molar-refractivity contribution in [3.63, 3.8) is 0 Å². The summed E-state index contributed by atoms with van der Waals surface area (Å²) in [6.45, 7) is 14.2. The van der Waals surface area contributed by atoms with Crippen molar-refractivity contribution in [3.05, 3.63) is 348 Å². The van der Waals surface area contributed by atoms with E-state index in [-0.39, 0.29) is 158 Å². The van der Waals surface area contributed by atoms with Crippen LogP contribution >= 0.6 is 34.0 Å². The molecular formula is C97H87Ir5N6O13S3-5. The van der Waals surface area contributed by atoms with Gasteiger partial charge in [0.05, 0.1) is 55.9 Å². The first-order valence-corrected chi connectivity index (χ1v) is 39.2. The number of aliphatic hydroxyl groups is 5. The Morgan fingerprint density at radius 3 is 1.33 bits per heavy atom. The van der Waals surface area contributed by atoms with Gasteiger partial charge < -0.3 is 49.2 Å². The third-order valence-corrected chi connectivity index (χ3v) is 18.1. The number of ketones is 5.